The van der Waals surface area contributed by atoms with Crippen LogP contribution in [0.2, 0.25) is 0 Å². The van der Waals surface area contributed by atoms with Crippen molar-refractivity contribution in [3.63, 3.8) is 0 Å². The first-order valence-electron chi connectivity index (χ1n) is 10.3. The fraction of sp³-hybridized carbons (Fsp3) is 0.375. The minimum absolute atomic E-state index is 0.0876. The number of rotatable bonds is 7. The van der Waals surface area contributed by atoms with Gasteiger partial charge in [0, 0.05) is 5.92 Å². The van der Waals surface area contributed by atoms with E-state index in [2.05, 4.69) is 22.8 Å². The van der Waals surface area contributed by atoms with E-state index in [1.165, 1.54) is 13.8 Å². The molecule has 1 atom stereocenters. The average Bonchev–Trinajstić information content (AvgIpc) is 3.03. The molecular weight excluding hydrogens is 396 g/mol. The molecule has 0 heterocycles. The highest BCUT2D eigenvalue weighted by Gasteiger charge is 2.34. The Morgan fingerprint density at radius 1 is 1.00 bits per heavy atom. The number of aliphatic carboxylic acids is 1. The van der Waals surface area contributed by atoms with Crippen molar-refractivity contribution in [3.8, 4) is 11.1 Å². The molecule has 0 aliphatic heterocycles. The van der Waals surface area contributed by atoms with Crippen molar-refractivity contribution in [2.45, 2.75) is 45.2 Å². The van der Waals surface area contributed by atoms with Crippen LogP contribution in [0.25, 0.3) is 11.1 Å². The molecule has 2 aromatic rings. The smallest absolute Gasteiger partial charge is 0.407 e. The Morgan fingerprint density at radius 2 is 1.52 bits per heavy atom. The summed E-state index contributed by atoms with van der Waals surface area (Å²) < 4.78 is 5.50. The van der Waals surface area contributed by atoms with Gasteiger partial charge in [0.15, 0.2) is 0 Å². The molecule has 0 fully saturated rings. The van der Waals surface area contributed by atoms with E-state index in [4.69, 9.17) is 4.74 Å². The van der Waals surface area contributed by atoms with Crippen molar-refractivity contribution in [1.82, 2.24) is 10.6 Å². The fourth-order valence-electron chi connectivity index (χ4n) is 3.74. The van der Waals surface area contributed by atoms with Gasteiger partial charge in [0.25, 0.3) is 0 Å². The summed E-state index contributed by atoms with van der Waals surface area (Å²) in [6.45, 7) is 6.44. The van der Waals surface area contributed by atoms with Gasteiger partial charge in [-0.25, -0.2) is 9.59 Å². The Labute approximate surface area is 181 Å². The maximum absolute atomic E-state index is 12.6. The molecular formula is C24H28N2O5. The average molecular weight is 424 g/mol. The number of hydrogen-bond acceptors (Lipinski definition) is 4. The van der Waals surface area contributed by atoms with Crippen LogP contribution in [0.3, 0.4) is 0 Å². The van der Waals surface area contributed by atoms with Crippen LogP contribution in [0.4, 0.5) is 4.79 Å². The molecule has 2 aromatic carbocycles. The number of carbonyl (C=O) groups is 3. The molecule has 31 heavy (non-hydrogen) atoms. The maximum Gasteiger partial charge on any atom is 0.407 e. The molecule has 3 rings (SSSR count). The number of nitrogens with one attached hydrogen (secondary N) is 2. The van der Waals surface area contributed by atoms with E-state index in [0.717, 1.165) is 22.3 Å². The lowest BCUT2D eigenvalue weighted by molar-refractivity contribution is -0.146. The fourth-order valence-corrected chi connectivity index (χ4v) is 3.74. The van der Waals surface area contributed by atoms with Crippen LogP contribution in [0, 0.1) is 5.92 Å². The van der Waals surface area contributed by atoms with E-state index in [1.54, 1.807) is 13.8 Å². The number of carboxylic acids is 1. The summed E-state index contributed by atoms with van der Waals surface area (Å²) in [5, 5.41) is 14.3. The zero-order chi connectivity index (χ0) is 22.8. The lowest BCUT2D eigenvalue weighted by Crippen LogP contribution is -2.57. The van der Waals surface area contributed by atoms with Gasteiger partial charge in [0.2, 0.25) is 5.91 Å². The molecule has 0 aromatic heterocycles. The van der Waals surface area contributed by atoms with Gasteiger partial charge in [-0.1, -0.05) is 62.4 Å². The summed E-state index contributed by atoms with van der Waals surface area (Å²) in [6.07, 6.45) is -0.719. The van der Waals surface area contributed by atoms with E-state index in [-0.39, 0.29) is 18.4 Å². The summed E-state index contributed by atoms with van der Waals surface area (Å²) in [5.41, 5.74) is 2.99. The van der Waals surface area contributed by atoms with Crippen molar-refractivity contribution in [3.05, 3.63) is 59.7 Å². The first kappa shape index (κ1) is 22.3. The molecule has 0 saturated heterocycles. The van der Waals surface area contributed by atoms with Crippen LogP contribution >= 0.6 is 0 Å². The summed E-state index contributed by atoms with van der Waals surface area (Å²) in [4.78, 5) is 36.4. The third-order valence-corrected chi connectivity index (χ3v) is 5.54. The number of carboxylic acid groups (broad SMARTS) is 1. The van der Waals surface area contributed by atoms with E-state index in [0.29, 0.717) is 0 Å². The van der Waals surface area contributed by atoms with Gasteiger partial charge in [-0.15, -0.1) is 0 Å². The number of alkyl carbamates (subject to hydrolysis) is 1. The lowest BCUT2D eigenvalue weighted by atomic mass is 9.98. The predicted molar refractivity (Wildman–Crippen MR) is 117 cm³/mol. The number of hydrogen-bond donors (Lipinski definition) is 3. The maximum atomic E-state index is 12.6. The molecule has 1 aliphatic carbocycles. The summed E-state index contributed by atoms with van der Waals surface area (Å²) in [6, 6.07) is 15.1. The highest BCUT2D eigenvalue weighted by molar-refractivity contribution is 5.91. The highest BCUT2D eigenvalue weighted by Crippen LogP contribution is 2.44. The number of amides is 2. The number of benzene rings is 2. The van der Waals surface area contributed by atoms with Crippen LogP contribution in [0.5, 0.6) is 0 Å². The molecule has 164 valence electrons. The Hall–Kier alpha value is -3.35. The summed E-state index contributed by atoms with van der Waals surface area (Å²) >= 11 is 0. The SMILES string of the molecule is CC(C)C(NC(=O)OCC1c2ccccc2-c2ccccc21)C(=O)NC(C)(C)C(=O)O. The molecule has 1 unspecified atom stereocenters. The zero-order valence-corrected chi connectivity index (χ0v) is 18.1. The van der Waals surface area contributed by atoms with Crippen LogP contribution in [-0.4, -0.2) is 41.3 Å². The second kappa shape index (κ2) is 8.79. The van der Waals surface area contributed by atoms with Gasteiger partial charge in [-0.05, 0) is 42.0 Å². The van der Waals surface area contributed by atoms with Crippen molar-refractivity contribution < 1.29 is 24.2 Å². The van der Waals surface area contributed by atoms with Gasteiger partial charge >= 0.3 is 12.1 Å². The van der Waals surface area contributed by atoms with E-state index in [1.807, 2.05) is 36.4 Å². The van der Waals surface area contributed by atoms with Crippen LogP contribution in [0.1, 0.15) is 44.7 Å². The van der Waals surface area contributed by atoms with Crippen molar-refractivity contribution >= 4 is 18.0 Å². The minimum Gasteiger partial charge on any atom is -0.480 e. The molecule has 0 saturated carbocycles. The van der Waals surface area contributed by atoms with Crippen LogP contribution in [-0.2, 0) is 14.3 Å². The Balaban J connectivity index is 1.68. The predicted octanol–water partition coefficient (Wildman–Crippen LogP) is 3.53. The Morgan fingerprint density at radius 3 is 2.00 bits per heavy atom. The van der Waals surface area contributed by atoms with Gasteiger partial charge in [-0.2, -0.15) is 0 Å². The normalized spacial score (nSPS) is 13.8. The van der Waals surface area contributed by atoms with Crippen LogP contribution < -0.4 is 10.6 Å². The number of carbonyl (C=O) groups excluding carboxylic acids is 2. The number of fused-ring (bicyclic) bond motifs is 3. The third kappa shape index (κ3) is 4.71. The molecule has 2 amide bonds. The Kier molecular flexibility index (Phi) is 6.34. The molecule has 7 nitrogen and oxygen atoms in total. The molecule has 7 heteroatoms. The number of ether oxygens (including phenoxy) is 1. The van der Waals surface area contributed by atoms with Gasteiger partial charge < -0.3 is 20.5 Å². The standard InChI is InChI=1S/C24H28N2O5/c1-14(2)20(21(27)26-24(3,4)22(28)29)25-23(30)31-13-19-17-11-7-5-9-15(17)16-10-6-8-12-18(16)19/h5-12,14,19-20H,13H2,1-4H3,(H,25,30)(H,26,27)(H,28,29). The van der Waals surface area contributed by atoms with Gasteiger partial charge in [-0.3, -0.25) is 4.79 Å². The molecule has 0 bridgehead atoms. The zero-order valence-electron chi connectivity index (χ0n) is 18.1. The van der Waals surface area contributed by atoms with Gasteiger partial charge in [0.1, 0.15) is 18.2 Å². The molecule has 0 spiro atoms. The van der Waals surface area contributed by atoms with Crippen molar-refractivity contribution in [2.24, 2.45) is 5.92 Å². The largest absolute Gasteiger partial charge is 0.480 e. The van der Waals surface area contributed by atoms with E-state index >= 15 is 0 Å². The van der Waals surface area contributed by atoms with E-state index in [9.17, 15) is 19.5 Å². The van der Waals surface area contributed by atoms with Crippen LogP contribution in [0.15, 0.2) is 48.5 Å². The molecule has 3 N–H and O–H groups in total. The molecule has 0 radical (unpaired) electrons. The lowest BCUT2D eigenvalue weighted by Gasteiger charge is -2.27. The van der Waals surface area contributed by atoms with E-state index < -0.39 is 29.6 Å². The monoisotopic (exact) mass is 424 g/mol. The first-order chi connectivity index (χ1) is 14.6. The Bertz CT molecular complexity index is 953. The highest BCUT2D eigenvalue weighted by atomic mass is 16.5. The minimum atomic E-state index is -1.45. The van der Waals surface area contributed by atoms with Gasteiger partial charge in [0.05, 0.1) is 0 Å². The first-order valence-corrected chi connectivity index (χ1v) is 10.3. The molecule has 1 aliphatic rings. The third-order valence-electron chi connectivity index (χ3n) is 5.54. The topological polar surface area (TPSA) is 105 Å². The quantitative estimate of drug-likeness (QED) is 0.631. The summed E-state index contributed by atoms with van der Waals surface area (Å²) in [7, 11) is 0. The van der Waals surface area contributed by atoms with Crippen molar-refractivity contribution in [1.29, 1.82) is 0 Å². The second-order valence-corrected chi connectivity index (χ2v) is 8.61. The summed E-state index contributed by atoms with van der Waals surface area (Å²) in [5.74, 6) is -2.08. The second-order valence-electron chi connectivity index (χ2n) is 8.61. The van der Waals surface area contributed by atoms with Crippen molar-refractivity contribution in [2.75, 3.05) is 6.61 Å².